The lowest BCUT2D eigenvalue weighted by atomic mass is 10.1. The highest BCUT2D eigenvalue weighted by atomic mass is 35.5. The van der Waals surface area contributed by atoms with Crippen molar-refractivity contribution in [1.29, 1.82) is 0 Å². The van der Waals surface area contributed by atoms with Crippen LogP contribution in [0.2, 0.25) is 5.15 Å². The smallest absolute Gasteiger partial charge is 0.258 e. The van der Waals surface area contributed by atoms with Crippen LogP contribution in [0.25, 0.3) is 0 Å². The second-order valence-corrected chi connectivity index (χ2v) is 4.10. The Labute approximate surface area is 109 Å². The van der Waals surface area contributed by atoms with Crippen molar-refractivity contribution >= 4 is 29.0 Å². The van der Waals surface area contributed by atoms with Crippen LogP contribution in [0.5, 0.6) is 0 Å². The predicted molar refractivity (Wildman–Crippen MR) is 70.6 cm³/mol. The SMILES string of the molecule is Cc1cccc(C(=O)Nc2cc(Cl)ncn2)c1N. The maximum Gasteiger partial charge on any atom is 0.258 e. The number of aromatic nitrogens is 2. The maximum atomic E-state index is 12.0. The van der Waals surface area contributed by atoms with Crippen LogP contribution in [0.4, 0.5) is 11.5 Å². The number of benzene rings is 1. The molecule has 0 bridgehead atoms. The minimum Gasteiger partial charge on any atom is -0.398 e. The number of para-hydroxylation sites is 1. The van der Waals surface area contributed by atoms with Crippen molar-refractivity contribution in [2.75, 3.05) is 11.1 Å². The van der Waals surface area contributed by atoms with Gasteiger partial charge in [-0.15, -0.1) is 0 Å². The lowest BCUT2D eigenvalue weighted by Crippen LogP contribution is -2.15. The second-order valence-electron chi connectivity index (χ2n) is 3.72. The van der Waals surface area contributed by atoms with Crippen molar-refractivity contribution in [3.63, 3.8) is 0 Å². The molecular weight excluding hydrogens is 252 g/mol. The number of nitrogens with two attached hydrogens (primary N) is 1. The first-order valence-corrected chi connectivity index (χ1v) is 5.59. The molecule has 1 amide bonds. The van der Waals surface area contributed by atoms with Crippen LogP contribution in [0.3, 0.4) is 0 Å². The van der Waals surface area contributed by atoms with Crippen molar-refractivity contribution in [2.45, 2.75) is 6.92 Å². The lowest BCUT2D eigenvalue weighted by Gasteiger charge is -2.08. The average Bonchev–Trinajstić information content (AvgIpc) is 2.32. The monoisotopic (exact) mass is 262 g/mol. The van der Waals surface area contributed by atoms with E-state index in [1.54, 1.807) is 12.1 Å². The molecule has 0 aliphatic carbocycles. The van der Waals surface area contributed by atoms with Crippen molar-refractivity contribution in [3.8, 4) is 0 Å². The van der Waals surface area contributed by atoms with E-state index in [2.05, 4.69) is 15.3 Å². The van der Waals surface area contributed by atoms with E-state index in [0.717, 1.165) is 5.56 Å². The Hall–Kier alpha value is -2.14. The molecule has 0 unspecified atom stereocenters. The number of halogens is 1. The van der Waals surface area contributed by atoms with Crippen molar-refractivity contribution in [3.05, 3.63) is 46.9 Å². The molecular formula is C12H11ClN4O. The summed E-state index contributed by atoms with van der Waals surface area (Å²) >= 11 is 5.70. The van der Waals surface area contributed by atoms with Gasteiger partial charge in [0.2, 0.25) is 0 Å². The number of carbonyl (C=O) groups excluding carboxylic acids is 1. The number of hydrogen-bond donors (Lipinski definition) is 2. The zero-order valence-electron chi connectivity index (χ0n) is 9.64. The summed E-state index contributed by atoms with van der Waals surface area (Å²) < 4.78 is 0. The molecule has 1 aromatic carbocycles. The van der Waals surface area contributed by atoms with Crippen LogP contribution in [-0.2, 0) is 0 Å². The number of hydrogen-bond acceptors (Lipinski definition) is 4. The maximum absolute atomic E-state index is 12.0. The van der Waals surface area contributed by atoms with Gasteiger partial charge in [-0.2, -0.15) is 0 Å². The van der Waals surface area contributed by atoms with E-state index in [-0.39, 0.29) is 11.1 Å². The third-order valence-electron chi connectivity index (χ3n) is 2.44. The van der Waals surface area contributed by atoms with Crippen molar-refractivity contribution in [2.24, 2.45) is 0 Å². The van der Waals surface area contributed by atoms with Crippen LogP contribution in [0, 0.1) is 6.92 Å². The molecule has 0 fully saturated rings. The number of anilines is 2. The largest absolute Gasteiger partial charge is 0.398 e. The van der Waals surface area contributed by atoms with Crippen LogP contribution in [0.15, 0.2) is 30.6 Å². The zero-order chi connectivity index (χ0) is 13.1. The fraction of sp³-hybridized carbons (Fsp3) is 0.0833. The molecule has 1 aromatic heterocycles. The Morgan fingerprint density at radius 3 is 2.89 bits per heavy atom. The molecule has 6 heteroatoms. The van der Waals surface area contributed by atoms with Crippen molar-refractivity contribution in [1.82, 2.24) is 9.97 Å². The number of nitrogen functional groups attached to an aromatic ring is 1. The minimum absolute atomic E-state index is 0.262. The minimum atomic E-state index is -0.328. The number of nitrogens with one attached hydrogen (secondary N) is 1. The Morgan fingerprint density at radius 2 is 2.17 bits per heavy atom. The molecule has 3 N–H and O–H groups in total. The topological polar surface area (TPSA) is 80.9 Å². The highest BCUT2D eigenvalue weighted by molar-refractivity contribution is 6.29. The van der Waals surface area contributed by atoms with E-state index in [0.29, 0.717) is 17.1 Å². The summed E-state index contributed by atoms with van der Waals surface area (Å²) in [4.78, 5) is 19.6. The van der Waals surface area contributed by atoms with Gasteiger partial charge < -0.3 is 11.1 Å². The van der Waals surface area contributed by atoms with Gasteiger partial charge in [-0.1, -0.05) is 23.7 Å². The molecule has 2 aromatic rings. The van der Waals surface area contributed by atoms with Gasteiger partial charge in [0, 0.05) is 11.8 Å². The third kappa shape index (κ3) is 2.57. The average molecular weight is 263 g/mol. The molecule has 92 valence electrons. The number of amides is 1. The molecule has 0 saturated carbocycles. The Balaban J connectivity index is 2.25. The molecule has 0 radical (unpaired) electrons. The zero-order valence-corrected chi connectivity index (χ0v) is 10.4. The van der Waals surface area contributed by atoms with E-state index in [1.165, 1.54) is 12.4 Å². The van der Waals surface area contributed by atoms with Gasteiger partial charge in [0.25, 0.3) is 5.91 Å². The molecule has 2 rings (SSSR count). The highest BCUT2D eigenvalue weighted by Crippen LogP contribution is 2.18. The molecule has 0 saturated heterocycles. The van der Waals surface area contributed by atoms with Crippen LogP contribution >= 0.6 is 11.6 Å². The van der Waals surface area contributed by atoms with Gasteiger partial charge in [-0.25, -0.2) is 9.97 Å². The summed E-state index contributed by atoms with van der Waals surface area (Å²) in [5.74, 6) is 0.00636. The van der Waals surface area contributed by atoms with Crippen LogP contribution in [0.1, 0.15) is 15.9 Å². The Bertz CT molecular complexity index is 600. The summed E-state index contributed by atoms with van der Waals surface area (Å²) in [6, 6.07) is 6.73. The van der Waals surface area contributed by atoms with Crippen molar-refractivity contribution < 1.29 is 4.79 Å². The fourth-order valence-corrected chi connectivity index (χ4v) is 1.61. The Kier molecular flexibility index (Phi) is 3.43. The third-order valence-corrected chi connectivity index (χ3v) is 2.65. The quantitative estimate of drug-likeness (QED) is 0.643. The first-order chi connectivity index (χ1) is 8.58. The van der Waals surface area contributed by atoms with Gasteiger partial charge in [-0.3, -0.25) is 4.79 Å². The highest BCUT2D eigenvalue weighted by Gasteiger charge is 2.11. The summed E-state index contributed by atoms with van der Waals surface area (Å²) in [6.45, 7) is 1.84. The van der Waals surface area contributed by atoms with Gasteiger partial charge >= 0.3 is 0 Å². The molecule has 0 aliphatic heterocycles. The second kappa shape index (κ2) is 5.01. The molecule has 0 aliphatic rings. The number of rotatable bonds is 2. The summed E-state index contributed by atoms with van der Waals surface area (Å²) in [5, 5.41) is 2.87. The summed E-state index contributed by atoms with van der Waals surface area (Å²) in [7, 11) is 0. The van der Waals surface area contributed by atoms with Gasteiger partial charge in [-0.05, 0) is 18.6 Å². The van der Waals surface area contributed by atoms with Crippen LogP contribution in [-0.4, -0.2) is 15.9 Å². The molecule has 1 heterocycles. The van der Waals surface area contributed by atoms with E-state index in [9.17, 15) is 4.79 Å². The number of nitrogens with zero attached hydrogens (tertiary/aromatic N) is 2. The lowest BCUT2D eigenvalue weighted by molar-refractivity contribution is 0.102. The van der Waals surface area contributed by atoms with Gasteiger partial charge in [0.05, 0.1) is 5.56 Å². The van der Waals surface area contributed by atoms with Gasteiger partial charge in [0.15, 0.2) is 0 Å². The van der Waals surface area contributed by atoms with Crippen LogP contribution < -0.4 is 11.1 Å². The Morgan fingerprint density at radius 1 is 1.39 bits per heavy atom. The normalized spacial score (nSPS) is 10.1. The molecule has 18 heavy (non-hydrogen) atoms. The van der Waals surface area contributed by atoms with Gasteiger partial charge in [0.1, 0.15) is 17.3 Å². The van der Waals surface area contributed by atoms with E-state index in [1.807, 2.05) is 13.0 Å². The summed E-state index contributed by atoms with van der Waals surface area (Å²) in [6.07, 6.45) is 1.28. The van der Waals surface area contributed by atoms with E-state index < -0.39 is 0 Å². The first kappa shape index (κ1) is 12.3. The molecule has 0 spiro atoms. The number of carbonyl (C=O) groups is 1. The van der Waals surface area contributed by atoms with E-state index in [4.69, 9.17) is 17.3 Å². The summed E-state index contributed by atoms with van der Waals surface area (Å²) in [5.41, 5.74) is 7.56. The van der Waals surface area contributed by atoms with E-state index >= 15 is 0 Å². The molecule has 0 atom stereocenters. The standard InChI is InChI=1S/C12H11ClN4O/c1-7-3-2-4-8(11(7)14)12(18)17-10-5-9(13)15-6-16-10/h2-6H,14H2,1H3,(H,15,16,17,18). The molecule has 5 nitrogen and oxygen atoms in total. The predicted octanol–water partition coefficient (Wildman–Crippen LogP) is 2.27. The first-order valence-electron chi connectivity index (χ1n) is 5.22. The fourth-order valence-electron chi connectivity index (χ4n) is 1.46. The number of aryl methyl sites for hydroxylation is 1.